The van der Waals surface area contributed by atoms with E-state index in [0.717, 1.165) is 36.9 Å². The Kier molecular flexibility index (Phi) is 5.61. The molecule has 26 heavy (non-hydrogen) atoms. The van der Waals surface area contributed by atoms with Crippen molar-refractivity contribution in [3.8, 4) is 5.75 Å². The topological polar surface area (TPSA) is 55.6 Å². The molecule has 0 unspecified atom stereocenters. The van der Waals surface area contributed by atoms with Gasteiger partial charge < -0.3 is 15.4 Å². The van der Waals surface area contributed by atoms with Crippen molar-refractivity contribution in [2.45, 2.75) is 39.5 Å². The lowest BCUT2D eigenvalue weighted by Gasteiger charge is -2.30. The van der Waals surface area contributed by atoms with Crippen LogP contribution in [0.2, 0.25) is 0 Å². The Morgan fingerprint density at radius 1 is 1.08 bits per heavy atom. The van der Waals surface area contributed by atoms with Crippen molar-refractivity contribution < 1.29 is 9.53 Å². The monoisotopic (exact) mass is 350 g/mol. The number of anilines is 2. The number of unbranched alkanes of at least 4 members (excludes halogenated alkanes) is 2. The standard InChI is InChI=1S/C22H26N2O2/c1-3-5-6-13-24-19-12-11-18(23)15-20(19)26-21(22(24)25)14-17-9-7-16(4-2)8-10-17/h7-12,14-15H,3-6,13,23H2,1-2H3/b21-14+. The van der Waals surface area contributed by atoms with Gasteiger partial charge in [-0.3, -0.25) is 4.79 Å². The molecule has 0 radical (unpaired) electrons. The molecule has 2 aromatic rings. The normalized spacial score (nSPS) is 15.1. The number of nitrogen functional groups attached to an aromatic ring is 1. The lowest BCUT2D eigenvalue weighted by molar-refractivity contribution is -0.117. The maximum absolute atomic E-state index is 13.0. The zero-order valence-electron chi connectivity index (χ0n) is 15.5. The van der Waals surface area contributed by atoms with Crippen LogP contribution in [0.1, 0.15) is 44.2 Å². The second-order valence-corrected chi connectivity index (χ2v) is 6.60. The van der Waals surface area contributed by atoms with Crippen LogP contribution in [0.4, 0.5) is 11.4 Å². The van der Waals surface area contributed by atoms with E-state index in [4.69, 9.17) is 10.5 Å². The first-order valence-electron chi connectivity index (χ1n) is 9.32. The Balaban J connectivity index is 1.93. The fourth-order valence-electron chi connectivity index (χ4n) is 3.07. The summed E-state index contributed by atoms with van der Waals surface area (Å²) in [6, 6.07) is 13.6. The van der Waals surface area contributed by atoms with Crippen LogP contribution in [0.5, 0.6) is 5.75 Å². The van der Waals surface area contributed by atoms with E-state index in [-0.39, 0.29) is 5.91 Å². The molecule has 4 heteroatoms. The number of aryl methyl sites for hydroxylation is 1. The van der Waals surface area contributed by atoms with Gasteiger partial charge in [-0.25, -0.2) is 0 Å². The fourth-order valence-corrected chi connectivity index (χ4v) is 3.07. The van der Waals surface area contributed by atoms with Crippen molar-refractivity contribution in [3.63, 3.8) is 0 Å². The SMILES string of the molecule is CCCCCN1C(=O)/C(=C\c2ccc(CC)cc2)Oc2cc(N)ccc21. The first-order valence-corrected chi connectivity index (χ1v) is 9.32. The molecule has 0 fully saturated rings. The summed E-state index contributed by atoms with van der Waals surface area (Å²) in [6.07, 6.45) is 5.96. The number of rotatable bonds is 6. The van der Waals surface area contributed by atoms with E-state index in [2.05, 4.69) is 26.0 Å². The maximum Gasteiger partial charge on any atom is 0.294 e. The summed E-state index contributed by atoms with van der Waals surface area (Å²) in [5.74, 6) is 0.874. The van der Waals surface area contributed by atoms with Crippen LogP contribution in [0.3, 0.4) is 0 Å². The number of ether oxygens (including phenoxy) is 1. The Labute approximate surface area is 155 Å². The van der Waals surface area contributed by atoms with Crippen LogP contribution in [0, 0.1) is 0 Å². The van der Waals surface area contributed by atoms with Crippen LogP contribution in [-0.2, 0) is 11.2 Å². The lowest BCUT2D eigenvalue weighted by Crippen LogP contribution is -2.38. The predicted molar refractivity (Wildman–Crippen MR) is 107 cm³/mol. The highest BCUT2D eigenvalue weighted by Gasteiger charge is 2.30. The molecule has 0 saturated carbocycles. The predicted octanol–water partition coefficient (Wildman–Crippen LogP) is 4.79. The van der Waals surface area contributed by atoms with E-state index in [1.54, 1.807) is 23.1 Å². The molecule has 136 valence electrons. The minimum Gasteiger partial charge on any atom is -0.449 e. The van der Waals surface area contributed by atoms with E-state index < -0.39 is 0 Å². The average molecular weight is 350 g/mol. The fraction of sp³-hybridized carbons (Fsp3) is 0.318. The third-order valence-corrected chi connectivity index (χ3v) is 4.62. The molecule has 1 amide bonds. The van der Waals surface area contributed by atoms with Crippen molar-refractivity contribution in [2.24, 2.45) is 0 Å². The van der Waals surface area contributed by atoms with Crippen LogP contribution in [-0.4, -0.2) is 12.5 Å². The third kappa shape index (κ3) is 3.90. The van der Waals surface area contributed by atoms with E-state index in [9.17, 15) is 4.79 Å². The molecule has 0 atom stereocenters. The smallest absolute Gasteiger partial charge is 0.294 e. The van der Waals surface area contributed by atoms with Gasteiger partial charge in [0.2, 0.25) is 0 Å². The van der Waals surface area contributed by atoms with Crippen molar-refractivity contribution in [1.82, 2.24) is 0 Å². The number of carbonyl (C=O) groups excluding carboxylic acids is 1. The molecule has 1 aliphatic rings. The van der Waals surface area contributed by atoms with Gasteiger partial charge in [-0.05, 0) is 42.2 Å². The number of benzene rings is 2. The molecule has 3 rings (SSSR count). The van der Waals surface area contributed by atoms with Crippen LogP contribution in [0.15, 0.2) is 48.2 Å². The molecular weight excluding hydrogens is 324 g/mol. The minimum atomic E-state index is -0.0991. The Hall–Kier alpha value is -2.75. The van der Waals surface area contributed by atoms with Gasteiger partial charge >= 0.3 is 0 Å². The minimum absolute atomic E-state index is 0.0991. The first-order chi connectivity index (χ1) is 12.6. The number of hydrogen-bond acceptors (Lipinski definition) is 3. The third-order valence-electron chi connectivity index (χ3n) is 4.62. The molecule has 1 aliphatic heterocycles. The zero-order valence-corrected chi connectivity index (χ0v) is 15.5. The molecule has 0 spiro atoms. The number of nitrogens with zero attached hydrogens (tertiary/aromatic N) is 1. The van der Waals surface area contributed by atoms with Crippen LogP contribution >= 0.6 is 0 Å². The van der Waals surface area contributed by atoms with Gasteiger partial charge in [0.05, 0.1) is 5.69 Å². The quantitative estimate of drug-likeness (QED) is 0.463. The molecule has 0 aromatic heterocycles. The maximum atomic E-state index is 13.0. The van der Waals surface area contributed by atoms with Crippen molar-refractivity contribution in [3.05, 3.63) is 59.4 Å². The zero-order chi connectivity index (χ0) is 18.5. The summed E-state index contributed by atoms with van der Waals surface area (Å²) in [5.41, 5.74) is 9.54. The first kappa shape index (κ1) is 18.1. The average Bonchev–Trinajstić information content (AvgIpc) is 2.65. The largest absolute Gasteiger partial charge is 0.449 e. The van der Waals surface area contributed by atoms with Gasteiger partial charge in [0.1, 0.15) is 0 Å². The highest BCUT2D eigenvalue weighted by molar-refractivity contribution is 6.10. The Morgan fingerprint density at radius 2 is 1.85 bits per heavy atom. The van der Waals surface area contributed by atoms with Crippen molar-refractivity contribution in [2.75, 3.05) is 17.2 Å². The van der Waals surface area contributed by atoms with Gasteiger partial charge in [-0.15, -0.1) is 0 Å². The van der Waals surface area contributed by atoms with Crippen LogP contribution in [0.25, 0.3) is 6.08 Å². The molecule has 1 heterocycles. The summed E-state index contributed by atoms with van der Waals surface area (Å²) >= 11 is 0. The van der Waals surface area contributed by atoms with Crippen molar-refractivity contribution >= 4 is 23.4 Å². The van der Waals surface area contributed by atoms with E-state index in [1.165, 1.54) is 5.56 Å². The molecule has 0 aliphatic carbocycles. The Bertz CT molecular complexity index is 809. The molecule has 0 bridgehead atoms. The molecular formula is C22H26N2O2. The number of amides is 1. The Morgan fingerprint density at radius 3 is 2.54 bits per heavy atom. The number of hydrogen-bond donors (Lipinski definition) is 1. The van der Waals surface area contributed by atoms with Gasteiger partial charge in [0.15, 0.2) is 11.5 Å². The van der Waals surface area contributed by atoms with Gasteiger partial charge in [-0.1, -0.05) is 51.0 Å². The number of nitrogens with two attached hydrogens (primary N) is 1. The second-order valence-electron chi connectivity index (χ2n) is 6.60. The van der Waals surface area contributed by atoms with Gasteiger partial charge in [0, 0.05) is 18.3 Å². The van der Waals surface area contributed by atoms with E-state index in [0.29, 0.717) is 23.7 Å². The molecule has 0 saturated heterocycles. The summed E-state index contributed by atoms with van der Waals surface area (Å²) in [5, 5.41) is 0. The summed E-state index contributed by atoms with van der Waals surface area (Å²) < 4.78 is 5.91. The molecule has 4 nitrogen and oxygen atoms in total. The van der Waals surface area contributed by atoms with Gasteiger partial charge in [0.25, 0.3) is 5.91 Å². The summed E-state index contributed by atoms with van der Waals surface area (Å²) in [4.78, 5) is 14.8. The van der Waals surface area contributed by atoms with Crippen molar-refractivity contribution in [1.29, 1.82) is 0 Å². The highest BCUT2D eigenvalue weighted by atomic mass is 16.5. The van der Waals surface area contributed by atoms with E-state index in [1.807, 2.05) is 18.2 Å². The second kappa shape index (κ2) is 8.09. The lowest BCUT2D eigenvalue weighted by atomic mass is 10.1. The summed E-state index contributed by atoms with van der Waals surface area (Å²) in [7, 11) is 0. The molecule has 2 N–H and O–H groups in total. The number of fused-ring (bicyclic) bond motifs is 1. The van der Waals surface area contributed by atoms with Gasteiger partial charge in [-0.2, -0.15) is 0 Å². The highest BCUT2D eigenvalue weighted by Crippen LogP contribution is 2.37. The number of carbonyl (C=O) groups is 1. The van der Waals surface area contributed by atoms with Crippen LogP contribution < -0.4 is 15.4 Å². The van der Waals surface area contributed by atoms with E-state index >= 15 is 0 Å². The molecule has 2 aromatic carbocycles. The summed E-state index contributed by atoms with van der Waals surface area (Å²) in [6.45, 7) is 4.96.